The average Bonchev–Trinajstić information content (AvgIpc) is 3.02. The number of hydrogen-bond donors (Lipinski definition) is 1. The maximum Gasteiger partial charge on any atom is 0.259 e. The van der Waals surface area contributed by atoms with E-state index in [1.165, 1.54) is 0 Å². The minimum atomic E-state index is -3.60. The Morgan fingerprint density at radius 1 is 1.28 bits per heavy atom. The lowest BCUT2D eigenvalue weighted by Gasteiger charge is -2.43. The molecule has 0 bridgehead atoms. The van der Waals surface area contributed by atoms with Crippen LogP contribution in [-0.2, 0) is 25.9 Å². The molecular formula is C17H27N3O4S. The van der Waals surface area contributed by atoms with Crippen molar-refractivity contribution in [3.05, 3.63) is 12.0 Å². The highest BCUT2D eigenvalue weighted by atomic mass is 32.2. The third-order valence-corrected chi connectivity index (χ3v) is 7.17. The summed E-state index contributed by atoms with van der Waals surface area (Å²) in [6.45, 7) is 4.07. The minimum absolute atomic E-state index is 0.104. The molecule has 2 unspecified atom stereocenters. The molecule has 4 rings (SSSR count). The smallest absolute Gasteiger partial charge is 0.259 e. The Morgan fingerprint density at radius 2 is 2.08 bits per heavy atom. The minimum Gasteiger partial charge on any atom is -0.381 e. The Hall–Kier alpha value is -0.960. The number of nitrogens with zero attached hydrogens (tertiary/aromatic N) is 2. The van der Waals surface area contributed by atoms with Gasteiger partial charge in [-0.25, -0.2) is 18.1 Å². The Balaban J connectivity index is 1.49. The summed E-state index contributed by atoms with van der Waals surface area (Å²) >= 11 is 0. The van der Waals surface area contributed by atoms with Crippen molar-refractivity contribution in [1.82, 2.24) is 14.3 Å². The zero-order chi connectivity index (χ0) is 17.5. The highest BCUT2D eigenvalue weighted by molar-refractivity contribution is 7.89. The first kappa shape index (κ1) is 17.5. The van der Waals surface area contributed by atoms with Crippen molar-refractivity contribution in [1.29, 1.82) is 0 Å². The SMILES string of the molecule is CC1CCCc2nc(S(=O)(=O)NC3CCOC4(CCOCC4)C3)cn21. The lowest BCUT2D eigenvalue weighted by Crippen LogP contribution is -2.50. The predicted octanol–water partition coefficient (Wildman–Crippen LogP) is 1.79. The standard InChI is InChI=1S/C17H27N3O4S/c1-13-3-2-4-15-18-16(12-20(13)15)25(21,22)19-14-5-8-24-17(11-14)6-9-23-10-7-17/h12-14,19H,2-11H2,1H3. The van der Waals surface area contributed by atoms with Crippen LogP contribution in [-0.4, -0.2) is 49.4 Å². The zero-order valence-electron chi connectivity index (χ0n) is 14.7. The number of hydrogen-bond acceptors (Lipinski definition) is 5. The average molecular weight is 369 g/mol. The Morgan fingerprint density at radius 3 is 2.84 bits per heavy atom. The molecule has 2 atom stereocenters. The molecule has 25 heavy (non-hydrogen) atoms. The number of aromatic nitrogens is 2. The van der Waals surface area contributed by atoms with Crippen LogP contribution in [0.5, 0.6) is 0 Å². The summed E-state index contributed by atoms with van der Waals surface area (Å²) in [5.74, 6) is 0.881. The van der Waals surface area contributed by atoms with Crippen LogP contribution in [0.25, 0.3) is 0 Å². The molecule has 1 spiro atoms. The first-order valence-electron chi connectivity index (χ1n) is 9.29. The van der Waals surface area contributed by atoms with Gasteiger partial charge in [0.25, 0.3) is 10.0 Å². The Bertz CT molecular complexity index is 719. The van der Waals surface area contributed by atoms with Gasteiger partial charge in [-0.05, 0) is 45.4 Å². The van der Waals surface area contributed by atoms with Crippen LogP contribution in [0.4, 0.5) is 0 Å². The summed E-state index contributed by atoms with van der Waals surface area (Å²) in [4.78, 5) is 4.40. The molecule has 0 aromatic carbocycles. The van der Waals surface area contributed by atoms with Gasteiger partial charge < -0.3 is 14.0 Å². The van der Waals surface area contributed by atoms with E-state index >= 15 is 0 Å². The molecule has 2 fully saturated rings. The molecule has 3 aliphatic rings. The molecule has 0 radical (unpaired) electrons. The number of rotatable bonds is 3. The van der Waals surface area contributed by atoms with E-state index in [4.69, 9.17) is 9.47 Å². The molecular weight excluding hydrogens is 342 g/mol. The number of fused-ring (bicyclic) bond motifs is 1. The van der Waals surface area contributed by atoms with Crippen LogP contribution in [0, 0.1) is 0 Å². The van der Waals surface area contributed by atoms with E-state index in [2.05, 4.69) is 16.6 Å². The maximum atomic E-state index is 12.8. The second-order valence-corrected chi connectivity index (χ2v) is 9.26. The predicted molar refractivity (Wildman–Crippen MR) is 92.0 cm³/mol. The van der Waals surface area contributed by atoms with Crippen molar-refractivity contribution in [2.75, 3.05) is 19.8 Å². The molecule has 2 saturated heterocycles. The Kier molecular flexibility index (Phi) is 4.64. The number of ether oxygens (including phenoxy) is 2. The molecule has 0 saturated carbocycles. The van der Waals surface area contributed by atoms with Gasteiger partial charge in [0.15, 0.2) is 5.03 Å². The molecule has 1 N–H and O–H groups in total. The lowest BCUT2D eigenvalue weighted by atomic mass is 9.84. The zero-order valence-corrected chi connectivity index (χ0v) is 15.6. The van der Waals surface area contributed by atoms with E-state index in [9.17, 15) is 8.42 Å². The van der Waals surface area contributed by atoms with E-state index in [1.807, 2.05) is 4.57 Å². The summed E-state index contributed by atoms with van der Waals surface area (Å²) in [5, 5.41) is 0.156. The number of aryl methyl sites for hydroxylation is 1. The monoisotopic (exact) mass is 369 g/mol. The van der Waals surface area contributed by atoms with Crippen molar-refractivity contribution in [2.24, 2.45) is 0 Å². The van der Waals surface area contributed by atoms with Gasteiger partial charge in [-0.2, -0.15) is 0 Å². The number of nitrogens with one attached hydrogen (secondary N) is 1. The van der Waals surface area contributed by atoms with Gasteiger partial charge in [0, 0.05) is 44.5 Å². The second kappa shape index (κ2) is 6.64. The van der Waals surface area contributed by atoms with Crippen molar-refractivity contribution in [3.8, 4) is 0 Å². The van der Waals surface area contributed by atoms with E-state index in [1.54, 1.807) is 6.20 Å². The fourth-order valence-corrected chi connectivity index (χ4v) is 5.54. The summed E-state index contributed by atoms with van der Waals surface area (Å²) < 4.78 is 42.0. The van der Waals surface area contributed by atoms with Gasteiger partial charge in [0.2, 0.25) is 0 Å². The first-order valence-corrected chi connectivity index (χ1v) is 10.8. The number of imidazole rings is 1. The molecule has 7 nitrogen and oxygen atoms in total. The highest BCUT2D eigenvalue weighted by Crippen LogP contribution is 2.35. The van der Waals surface area contributed by atoms with Crippen LogP contribution in [0.2, 0.25) is 0 Å². The fraction of sp³-hybridized carbons (Fsp3) is 0.824. The van der Waals surface area contributed by atoms with E-state index in [-0.39, 0.29) is 16.7 Å². The van der Waals surface area contributed by atoms with Crippen LogP contribution in [0.1, 0.15) is 57.3 Å². The van der Waals surface area contributed by atoms with Crippen molar-refractivity contribution in [3.63, 3.8) is 0 Å². The topological polar surface area (TPSA) is 82.5 Å². The van der Waals surface area contributed by atoms with Gasteiger partial charge in [0.05, 0.1) is 5.60 Å². The molecule has 8 heteroatoms. The summed E-state index contributed by atoms with van der Waals surface area (Å²) in [6.07, 6.45) is 7.76. The van der Waals surface area contributed by atoms with Crippen LogP contribution in [0.3, 0.4) is 0 Å². The molecule has 0 amide bonds. The second-order valence-electron chi connectivity index (χ2n) is 7.60. The summed E-state index contributed by atoms with van der Waals surface area (Å²) in [7, 11) is -3.60. The normalized spacial score (nSPS) is 29.5. The van der Waals surface area contributed by atoms with Gasteiger partial charge in [0.1, 0.15) is 5.82 Å². The number of sulfonamides is 1. The highest BCUT2D eigenvalue weighted by Gasteiger charge is 2.40. The van der Waals surface area contributed by atoms with Gasteiger partial charge in [-0.1, -0.05) is 0 Å². The molecule has 1 aromatic rings. The third-order valence-electron chi connectivity index (χ3n) is 5.78. The van der Waals surface area contributed by atoms with E-state index < -0.39 is 10.0 Å². The molecule has 1 aromatic heterocycles. The van der Waals surface area contributed by atoms with Crippen LogP contribution >= 0.6 is 0 Å². The molecule has 3 aliphatic heterocycles. The molecule has 4 heterocycles. The van der Waals surface area contributed by atoms with E-state index in [0.29, 0.717) is 38.7 Å². The molecule has 0 aliphatic carbocycles. The van der Waals surface area contributed by atoms with Crippen LogP contribution in [0.15, 0.2) is 11.2 Å². The van der Waals surface area contributed by atoms with Crippen molar-refractivity contribution in [2.45, 2.75) is 74.6 Å². The maximum absolute atomic E-state index is 12.8. The quantitative estimate of drug-likeness (QED) is 0.878. The Labute approximate surface area is 149 Å². The third kappa shape index (κ3) is 3.49. The summed E-state index contributed by atoms with van der Waals surface area (Å²) in [6, 6.07) is 0.210. The van der Waals surface area contributed by atoms with Gasteiger partial charge in [-0.3, -0.25) is 0 Å². The van der Waals surface area contributed by atoms with Crippen LogP contribution < -0.4 is 4.72 Å². The van der Waals surface area contributed by atoms with Crippen molar-refractivity contribution >= 4 is 10.0 Å². The largest absolute Gasteiger partial charge is 0.381 e. The first-order chi connectivity index (χ1) is 12.0. The van der Waals surface area contributed by atoms with Crippen molar-refractivity contribution < 1.29 is 17.9 Å². The fourth-order valence-electron chi connectivity index (χ4n) is 4.30. The van der Waals surface area contributed by atoms with Gasteiger partial charge in [-0.15, -0.1) is 0 Å². The molecule has 140 valence electrons. The van der Waals surface area contributed by atoms with Gasteiger partial charge >= 0.3 is 0 Å². The summed E-state index contributed by atoms with van der Waals surface area (Å²) in [5.41, 5.74) is -0.231. The van der Waals surface area contributed by atoms with E-state index in [0.717, 1.165) is 37.9 Å². The lowest BCUT2D eigenvalue weighted by molar-refractivity contribution is -0.138.